The summed E-state index contributed by atoms with van der Waals surface area (Å²) >= 11 is 11.6. The number of carboxylic acid groups (broad SMARTS) is 1. The van der Waals surface area contributed by atoms with Crippen LogP contribution >= 0.6 is 23.2 Å². The minimum Gasteiger partial charge on any atom is -0.480 e. The van der Waals surface area contributed by atoms with E-state index < -0.39 is 28.1 Å². The topological polar surface area (TPSA) is 94.9 Å². The van der Waals surface area contributed by atoms with Gasteiger partial charge in [-0.05, 0) is 12.1 Å². The van der Waals surface area contributed by atoms with Gasteiger partial charge in [-0.3, -0.25) is 4.79 Å². The van der Waals surface area contributed by atoms with Crippen molar-refractivity contribution in [2.75, 3.05) is 6.54 Å². The first-order valence-electron chi connectivity index (χ1n) is 5.62. The zero-order valence-corrected chi connectivity index (χ0v) is 12.4. The number of aliphatic carboxylic acids is 1. The minimum absolute atomic E-state index is 0.0550. The maximum atomic E-state index is 12.5. The minimum atomic E-state index is -4.14. The standard InChI is InChI=1S/C11H11Cl2NO5S/c12-7-2-1-3-9(10(7)13)20(18,19)14-5-6(15)4-8(14)11(16)17/h1-3,6,8,15H,4-5H2,(H,16,17). The molecule has 2 N–H and O–H groups in total. The lowest BCUT2D eigenvalue weighted by atomic mass is 10.2. The summed E-state index contributed by atoms with van der Waals surface area (Å²) in [5.74, 6) is -1.32. The van der Waals surface area contributed by atoms with E-state index in [-0.39, 0.29) is 27.9 Å². The van der Waals surface area contributed by atoms with Gasteiger partial charge < -0.3 is 10.2 Å². The molecule has 6 nitrogen and oxygen atoms in total. The Morgan fingerprint density at radius 1 is 1.35 bits per heavy atom. The van der Waals surface area contributed by atoms with Crippen LogP contribution in [0, 0.1) is 0 Å². The first-order valence-corrected chi connectivity index (χ1v) is 7.81. The quantitative estimate of drug-likeness (QED) is 0.862. The Hall–Kier alpha value is -0.860. The predicted octanol–water partition coefficient (Wildman–Crippen LogP) is 1.20. The third-order valence-corrected chi connectivity index (χ3v) is 5.87. The molecule has 0 aliphatic carbocycles. The second-order valence-electron chi connectivity index (χ2n) is 4.37. The highest BCUT2D eigenvalue weighted by atomic mass is 35.5. The zero-order valence-electron chi connectivity index (χ0n) is 10.0. The summed E-state index contributed by atoms with van der Waals surface area (Å²) in [6.45, 7) is -0.290. The number of rotatable bonds is 3. The Balaban J connectivity index is 2.49. The zero-order chi connectivity index (χ0) is 15.1. The molecule has 1 fully saturated rings. The Labute approximate surface area is 125 Å². The SMILES string of the molecule is O=C(O)C1CC(O)CN1S(=O)(=O)c1cccc(Cl)c1Cl. The number of nitrogens with zero attached hydrogens (tertiary/aromatic N) is 1. The van der Waals surface area contributed by atoms with E-state index in [9.17, 15) is 18.3 Å². The average molecular weight is 340 g/mol. The smallest absolute Gasteiger partial charge is 0.322 e. The highest BCUT2D eigenvalue weighted by molar-refractivity contribution is 7.89. The summed E-state index contributed by atoms with van der Waals surface area (Å²) in [5, 5.41) is 18.5. The molecule has 110 valence electrons. The fraction of sp³-hybridized carbons (Fsp3) is 0.364. The van der Waals surface area contributed by atoms with Gasteiger partial charge in [-0.15, -0.1) is 0 Å². The Bertz CT molecular complexity index is 648. The molecule has 0 radical (unpaired) electrons. The van der Waals surface area contributed by atoms with E-state index in [0.717, 1.165) is 4.31 Å². The molecule has 0 aromatic heterocycles. The third-order valence-electron chi connectivity index (χ3n) is 3.02. The molecule has 1 aromatic rings. The predicted molar refractivity (Wildman–Crippen MR) is 72.4 cm³/mol. The molecule has 1 aromatic carbocycles. The van der Waals surface area contributed by atoms with Crippen molar-refractivity contribution in [2.45, 2.75) is 23.5 Å². The van der Waals surface area contributed by atoms with Crippen LogP contribution < -0.4 is 0 Å². The number of benzene rings is 1. The van der Waals surface area contributed by atoms with Gasteiger partial charge in [0.2, 0.25) is 10.0 Å². The maximum Gasteiger partial charge on any atom is 0.322 e. The molecule has 0 amide bonds. The normalized spacial score (nSPS) is 23.9. The first-order chi connectivity index (χ1) is 9.25. The molecule has 0 bridgehead atoms. The van der Waals surface area contributed by atoms with Crippen molar-refractivity contribution in [2.24, 2.45) is 0 Å². The average Bonchev–Trinajstić information content (AvgIpc) is 2.75. The van der Waals surface area contributed by atoms with Gasteiger partial charge >= 0.3 is 5.97 Å². The van der Waals surface area contributed by atoms with Gasteiger partial charge in [0, 0.05) is 13.0 Å². The molecule has 0 spiro atoms. The molecule has 1 saturated heterocycles. The number of carboxylic acids is 1. The fourth-order valence-corrected chi connectivity index (χ4v) is 4.45. The van der Waals surface area contributed by atoms with Crippen LogP contribution in [0.4, 0.5) is 0 Å². The van der Waals surface area contributed by atoms with Gasteiger partial charge in [-0.2, -0.15) is 4.31 Å². The Morgan fingerprint density at radius 3 is 2.60 bits per heavy atom. The summed E-state index contributed by atoms with van der Waals surface area (Å²) in [6.07, 6.45) is -1.18. The summed E-state index contributed by atoms with van der Waals surface area (Å²) in [6, 6.07) is 2.76. The molecule has 20 heavy (non-hydrogen) atoms. The second-order valence-corrected chi connectivity index (χ2v) is 7.01. The number of carbonyl (C=O) groups is 1. The number of aliphatic hydroxyl groups excluding tert-OH is 1. The first kappa shape index (κ1) is 15.5. The van der Waals surface area contributed by atoms with Crippen molar-refractivity contribution in [3.63, 3.8) is 0 Å². The van der Waals surface area contributed by atoms with Crippen molar-refractivity contribution in [3.05, 3.63) is 28.2 Å². The largest absolute Gasteiger partial charge is 0.480 e. The van der Waals surface area contributed by atoms with E-state index in [1.165, 1.54) is 18.2 Å². The number of halogens is 2. The van der Waals surface area contributed by atoms with Gasteiger partial charge in [0.1, 0.15) is 10.9 Å². The molecule has 1 aliphatic rings. The summed E-state index contributed by atoms with van der Waals surface area (Å²) in [5.41, 5.74) is 0. The lowest BCUT2D eigenvalue weighted by Gasteiger charge is -2.21. The summed E-state index contributed by atoms with van der Waals surface area (Å²) in [7, 11) is -4.14. The second kappa shape index (κ2) is 5.50. The maximum absolute atomic E-state index is 12.5. The third kappa shape index (κ3) is 2.64. The van der Waals surface area contributed by atoms with Crippen LogP contribution in [0.1, 0.15) is 6.42 Å². The Morgan fingerprint density at radius 2 is 2.00 bits per heavy atom. The molecular formula is C11H11Cl2NO5S. The van der Waals surface area contributed by atoms with E-state index in [4.69, 9.17) is 28.3 Å². The molecule has 9 heteroatoms. The van der Waals surface area contributed by atoms with E-state index in [0.29, 0.717) is 0 Å². The number of hydrogen-bond acceptors (Lipinski definition) is 4. The van der Waals surface area contributed by atoms with Gasteiger partial charge in [-0.1, -0.05) is 29.3 Å². The van der Waals surface area contributed by atoms with Crippen LogP contribution in [0.25, 0.3) is 0 Å². The van der Waals surface area contributed by atoms with Gasteiger partial charge in [-0.25, -0.2) is 8.42 Å². The number of β-amino-alcohol motifs (C(OH)–C–C–N with tert-alkyl or cyclic N) is 1. The molecule has 2 unspecified atom stereocenters. The van der Waals surface area contributed by atoms with Crippen LogP contribution in [0.3, 0.4) is 0 Å². The van der Waals surface area contributed by atoms with Crippen LogP contribution in [0.15, 0.2) is 23.1 Å². The monoisotopic (exact) mass is 339 g/mol. The number of aliphatic hydroxyl groups is 1. The van der Waals surface area contributed by atoms with Crippen molar-refractivity contribution in [1.82, 2.24) is 4.31 Å². The molecular weight excluding hydrogens is 329 g/mol. The fourth-order valence-electron chi connectivity index (χ4n) is 2.08. The van der Waals surface area contributed by atoms with Gasteiger partial charge in [0.25, 0.3) is 0 Å². The van der Waals surface area contributed by atoms with E-state index in [2.05, 4.69) is 0 Å². The van der Waals surface area contributed by atoms with E-state index in [1.54, 1.807) is 0 Å². The molecule has 2 rings (SSSR count). The lowest BCUT2D eigenvalue weighted by Crippen LogP contribution is -2.40. The number of hydrogen-bond donors (Lipinski definition) is 2. The molecule has 1 heterocycles. The van der Waals surface area contributed by atoms with Gasteiger partial charge in [0.15, 0.2) is 0 Å². The number of sulfonamides is 1. The van der Waals surface area contributed by atoms with Crippen LogP contribution in [-0.2, 0) is 14.8 Å². The van der Waals surface area contributed by atoms with Gasteiger partial charge in [0.05, 0.1) is 16.1 Å². The highest BCUT2D eigenvalue weighted by Gasteiger charge is 2.44. The van der Waals surface area contributed by atoms with E-state index >= 15 is 0 Å². The lowest BCUT2D eigenvalue weighted by molar-refractivity contribution is -0.140. The van der Waals surface area contributed by atoms with Crippen LogP contribution in [-0.4, -0.2) is 47.6 Å². The van der Waals surface area contributed by atoms with E-state index in [1.807, 2.05) is 0 Å². The van der Waals surface area contributed by atoms with Crippen molar-refractivity contribution in [1.29, 1.82) is 0 Å². The summed E-state index contributed by atoms with van der Waals surface area (Å²) < 4.78 is 25.7. The van der Waals surface area contributed by atoms with Crippen molar-refractivity contribution < 1.29 is 23.4 Å². The molecule has 1 aliphatic heterocycles. The van der Waals surface area contributed by atoms with Crippen LogP contribution in [0.5, 0.6) is 0 Å². The van der Waals surface area contributed by atoms with Crippen molar-refractivity contribution >= 4 is 39.2 Å². The van der Waals surface area contributed by atoms with Crippen molar-refractivity contribution in [3.8, 4) is 0 Å². The highest BCUT2D eigenvalue weighted by Crippen LogP contribution is 2.34. The Kier molecular flexibility index (Phi) is 4.27. The molecule has 2 atom stereocenters. The molecule has 0 saturated carbocycles. The van der Waals surface area contributed by atoms with Crippen LogP contribution in [0.2, 0.25) is 10.0 Å². The summed E-state index contributed by atoms with van der Waals surface area (Å²) in [4.78, 5) is 10.8.